The Morgan fingerprint density at radius 2 is 2.33 bits per heavy atom. The summed E-state index contributed by atoms with van der Waals surface area (Å²) in [6, 6.07) is 8.18. The summed E-state index contributed by atoms with van der Waals surface area (Å²) in [7, 11) is 0. The molecule has 1 heterocycles. The van der Waals surface area contributed by atoms with Crippen LogP contribution in [-0.4, -0.2) is 23.5 Å². The summed E-state index contributed by atoms with van der Waals surface area (Å²) < 4.78 is 0. The molecule has 1 atom stereocenters. The minimum atomic E-state index is 0.242. The maximum absolute atomic E-state index is 8.96. The van der Waals surface area contributed by atoms with Crippen LogP contribution in [0, 0.1) is 0 Å². The lowest BCUT2D eigenvalue weighted by atomic mass is 10.3. The van der Waals surface area contributed by atoms with Gasteiger partial charge < -0.3 is 10.4 Å². The lowest BCUT2D eigenvalue weighted by Crippen LogP contribution is -2.24. The molecular weight excluding hydrogens is 170 g/mol. The maximum Gasteiger partial charge on any atom is 0.0570 e. The van der Waals surface area contributed by atoms with Crippen molar-refractivity contribution in [2.45, 2.75) is 10.1 Å². The lowest BCUT2D eigenvalue weighted by Gasteiger charge is -2.23. The number of rotatable bonds is 1. The van der Waals surface area contributed by atoms with Crippen LogP contribution < -0.4 is 5.32 Å². The molecular formula is C9H11NOS. The van der Waals surface area contributed by atoms with E-state index in [1.165, 1.54) is 10.6 Å². The third-order valence-corrected chi connectivity index (χ3v) is 3.16. The summed E-state index contributed by atoms with van der Waals surface area (Å²) in [5.41, 5.74) is 1.19. The maximum atomic E-state index is 8.96. The van der Waals surface area contributed by atoms with Crippen molar-refractivity contribution in [3.63, 3.8) is 0 Å². The Morgan fingerprint density at radius 1 is 1.50 bits per heavy atom. The van der Waals surface area contributed by atoms with Crippen LogP contribution >= 0.6 is 11.8 Å². The van der Waals surface area contributed by atoms with Gasteiger partial charge in [-0.05, 0) is 12.1 Å². The van der Waals surface area contributed by atoms with Crippen LogP contribution in [0.2, 0.25) is 0 Å². The number of anilines is 1. The molecule has 12 heavy (non-hydrogen) atoms. The van der Waals surface area contributed by atoms with Gasteiger partial charge in [-0.15, -0.1) is 11.8 Å². The van der Waals surface area contributed by atoms with Crippen molar-refractivity contribution in [3.05, 3.63) is 24.3 Å². The fraction of sp³-hybridized carbons (Fsp3) is 0.333. The first-order chi connectivity index (χ1) is 5.90. The van der Waals surface area contributed by atoms with E-state index in [1.807, 2.05) is 12.1 Å². The highest BCUT2D eigenvalue weighted by Crippen LogP contribution is 2.34. The minimum absolute atomic E-state index is 0.242. The Balaban J connectivity index is 2.23. The van der Waals surface area contributed by atoms with Crippen LogP contribution in [0.5, 0.6) is 0 Å². The van der Waals surface area contributed by atoms with Gasteiger partial charge in [-0.1, -0.05) is 12.1 Å². The van der Waals surface area contributed by atoms with Crippen LogP contribution in [0.15, 0.2) is 29.2 Å². The highest BCUT2D eigenvalue weighted by atomic mass is 32.2. The molecule has 0 aliphatic carbocycles. The lowest BCUT2D eigenvalue weighted by molar-refractivity contribution is 0.297. The molecule has 1 aromatic carbocycles. The highest BCUT2D eigenvalue weighted by molar-refractivity contribution is 8.00. The molecule has 1 aliphatic heterocycles. The average Bonchev–Trinajstić information content (AvgIpc) is 2.17. The monoisotopic (exact) mass is 181 g/mol. The van der Waals surface area contributed by atoms with E-state index in [9.17, 15) is 0 Å². The zero-order chi connectivity index (χ0) is 8.39. The van der Waals surface area contributed by atoms with Gasteiger partial charge in [0.25, 0.3) is 0 Å². The number of hydrogen-bond acceptors (Lipinski definition) is 3. The first-order valence-electron chi connectivity index (χ1n) is 4.00. The second-order valence-corrected chi connectivity index (χ2v) is 4.14. The Kier molecular flexibility index (Phi) is 2.23. The molecule has 0 saturated carbocycles. The van der Waals surface area contributed by atoms with E-state index >= 15 is 0 Å². The van der Waals surface area contributed by atoms with Gasteiger partial charge in [0.2, 0.25) is 0 Å². The number of hydrogen-bond donors (Lipinski definition) is 2. The van der Waals surface area contributed by atoms with Gasteiger partial charge in [-0.25, -0.2) is 0 Å². The highest BCUT2D eigenvalue weighted by Gasteiger charge is 2.16. The van der Waals surface area contributed by atoms with Crippen LogP contribution in [-0.2, 0) is 0 Å². The third-order valence-electron chi connectivity index (χ3n) is 1.90. The van der Waals surface area contributed by atoms with Crippen molar-refractivity contribution >= 4 is 17.4 Å². The molecule has 3 heteroatoms. The first-order valence-corrected chi connectivity index (χ1v) is 4.88. The topological polar surface area (TPSA) is 32.3 Å². The van der Waals surface area contributed by atoms with Gasteiger partial charge in [-0.3, -0.25) is 0 Å². The molecule has 0 radical (unpaired) electrons. The summed E-state index contributed by atoms with van der Waals surface area (Å²) in [5, 5.41) is 12.5. The van der Waals surface area contributed by atoms with E-state index in [2.05, 4.69) is 17.4 Å². The predicted molar refractivity (Wildman–Crippen MR) is 51.7 cm³/mol. The number of para-hydroxylation sites is 1. The summed E-state index contributed by atoms with van der Waals surface area (Å²) in [6.07, 6.45) is 0. The molecule has 2 N–H and O–H groups in total. The molecule has 0 spiro atoms. The Morgan fingerprint density at radius 3 is 3.17 bits per heavy atom. The van der Waals surface area contributed by atoms with Crippen molar-refractivity contribution in [1.82, 2.24) is 0 Å². The second kappa shape index (κ2) is 3.37. The fourth-order valence-corrected chi connectivity index (χ4v) is 2.29. The smallest absolute Gasteiger partial charge is 0.0570 e. The zero-order valence-electron chi connectivity index (χ0n) is 6.66. The zero-order valence-corrected chi connectivity index (χ0v) is 7.47. The largest absolute Gasteiger partial charge is 0.395 e. The van der Waals surface area contributed by atoms with Gasteiger partial charge >= 0.3 is 0 Å². The fourth-order valence-electron chi connectivity index (χ4n) is 1.26. The molecule has 2 nitrogen and oxygen atoms in total. The first kappa shape index (κ1) is 7.95. The van der Waals surface area contributed by atoms with Crippen molar-refractivity contribution in [3.8, 4) is 0 Å². The number of aliphatic hydroxyl groups is 1. The molecule has 1 aromatic rings. The SMILES string of the molecule is OCC1CNc2ccccc2S1. The van der Waals surface area contributed by atoms with Crippen LogP contribution in [0.25, 0.3) is 0 Å². The van der Waals surface area contributed by atoms with Crippen LogP contribution in [0.3, 0.4) is 0 Å². The van der Waals surface area contributed by atoms with E-state index in [1.54, 1.807) is 11.8 Å². The van der Waals surface area contributed by atoms with Crippen molar-refractivity contribution in [2.24, 2.45) is 0 Å². The molecule has 64 valence electrons. The third kappa shape index (κ3) is 1.42. The number of aliphatic hydroxyl groups excluding tert-OH is 1. The number of benzene rings is 1. The minimum Gasteiger partial charge on any atom is -0.395 e. The number of fused-ring (bicyclic) bond motifs is 1. The molecule has 0 amide bonds. The summed E-state index contributed by atoms with van der Waals surface area (Å²) in [4.78, 5) is 1.24. The Labute approximate surface area is 76.0 Å². The molecule has 0 fully saturated rings. The Hall–Kier alpha value is -0.670. The van der Waals surface area contributed by atoms with Gasteiger partial charge in [0.05, 0.1) is 6.61 Å². The molecule has 1 aliphatic rings. The van der Waals surface area contributed by atoms with Crippen LogP contribution in [0.4, 0.5) is 5.69 Å². The average molecular weight is 181 g/mol. The number of nitrogens with one attached hydrogen (secondary N) is 1. The summed E-state index contributed by atoms with van der Waals surface area (Å²) in [5.74, 6) is 0. The standard InChI is InChI=1S/C9H11NOS/c11-6-7-5-10-8-3-1-2-4-9(8)12-7/h1-4,7,10-11H,5-6H2. The number of thioether (sulfide) groups is 1. The van der Waals surface area contributed by atoms with Gasteiger partial charge in [0.1, 0.15) is 0 Å². The van der Waals surface area contributed by atoms with E-state index in [4.69, 9.17) is 5.11 Å². The van der Waals surface area contributed by atoms with E-state index in [0.29, 0.717) is 5.25 Å². The van der Waals surface area contributed by atoms with Crippen molar-refractivity contribution < 1.29 is 5.11 Å². The predicted octanol–water partition coefficient (Wildman–Crippen LogP) is 1.57. The van der Waals surface area contributed by atoms with Crippen LogP contribution in [0.1, 0.15) is 0 Å². The molecule has 0 aromatic heterocycles. The summed E-state index contributed by atoms with van der Waals surface area (Å²) >= 11 is 1.74. The molecule has 0 saturated heterocycles. The molecule has 0 bridgehead atoms. The van der Waals surface area contributed by atoms with Gasteiger partial charge in [0, 0.05) is 22.4 Å². The summed E-state index contributed by atoms with van der Waals surface area (Å²) in [6.45, 7) is 1.10. The van der Waals surface area contributed by atoms with E-state index in [-0.39, 0.29) is 6.61 Å². The second-order valence-electron chi connectivity index (χ2n) is 2.80. The van der Waals surface area contributed by atoms with E-state index < -0.39 is 0 Å². The molecule has 2 rings (SSSR count). The quantitative estimate of drug-likeness (QED) is 0.689. The van der Waals surface area contributed by atoms with Crippen molar-refractivity contribution in [2.75, 3.05) is 18.5 Å². The van der Waals surface area contributed by atoms with E-state index in [0.717, 1.165) is 6.54 Å². The van der Waals surface area contributed by atoms with Gasteiger partial charge in [-0.2, -0.15) is 0 Å². The normalized spacial score (nSPS) is 21.2. The molecule has 1 unspecified atom stereocenters. The van der Waals surface area contributed by atoms with Gasteiger partial charge in [0.15, 0.2) is 0 Å². The van der Waals surface area contributed by atoms with Crippen molar-refractivity contribution in [1.29, 1.82) is 0 Å². The Bertz CT molecular complexity index is 277.